The molecule has 0 aliphatic carbocycles. The highest BCUT2D eigenvalue weighted by atomic mass is 32.1. The van der Waals surface area contributed by atoms with Gasteiger partial charge in [0.25, 0.3) is 0 Å². The predicted octanol–water partition coefficient (Wildman–Crippen LogP) is 2.91. The molecule has 0 saturated heterocycles. The number of hydrogen-bond acceptors (Lipinski definition) is 4. The third kappa shape index (κ3) is 1.58. The normalized spacial score (nSPS) is 11.7. The van der Waals surface area contributed by atoms with Crippen LogP contribution in [-0.4, -0.2) is 24.1 Å². The lowest BCUT2D eigenvalue weighted by molar-refractivity contribution is 0.908. The molecular weight excluding hydrogens is 270 g/mol. The fourth-order valence-electron chi connectivity index (χ4n) is 2.37. The molecular formula is C14H13N5S. The lowest BCUT2D eigenvalue weighted by atomic mass is 10.3. The van der Waals surface area contributed by atoms with Gasteiger partial charge in [-0.1, -0.05) is 30.4 Å². The molecule has 1 aromatic carbocycles. The number of para-hydroxylation sites is 2. The van der Waals surface area contributed by atoms with E-state index in [1.807, 2.05) is 36.0 Å². The van der Waals surface area contributed by atoms with E-state index in [4.69, 9.17) is 0 Å². The predicted molar refractivity (Wildman–Crippen MR) is 80.0 cm³/mol. The minimum Gasteiger partial charge on any atom is -0.326 e. The Morgan fingerprint density at radius 2 is 2.05 bits per heavy atom. The molecule has 3 heterocycles. The molecule has 6 heteroatoms. The summed E-state index contributed by atoms with van der Waals surface area (Å²) in [7, 11) is 2.02. The van der Waals surface area contributed by atoms with Gasteiger partial charge in [0.05, 0.1) is 17.2 Å². The van der Waals surface area contributed by atoms with Crippen LogP contribution in [0.3, 0.4) is 0 Å². The highest BCUT2D eigenvalue weighted by Gasteiger charge is 2.14. The number of imidazole rings is 2. The van der Waals surface area contributed by atoms with Crippen LogP contribution in [0.25, 0.3) is 27.5 Å². The standard InChI is InChI=1S/C14H13N5S/c1-3-12-17-19-8-10(16-14(19)20-12)13-15-9-6-4-5-7-11(9)18(13)2/h4-8H,3H2,1-2H3. The molecule has 0 fully saturated rings. The van der Waals surface area contributed by atoms with Gasteiger partial charge in [0.2, 0.25) is 4.96 Å². The van der Waals surface area contributed by atoms with E-state index in [1.54, 1.807) is 11.3 Å². The summed E-state index contributed by atoms with van der Waals surface area (Å²) in [6, 6.07) is 8.11. The van der Waals surface area contributed by atoms with Gasteiger partial charge in [-0.3, -0.25) is 0 Å². The van der Waals surface area contributed by atoms with Crippen molar-refractivity contribution in [2.24, 2.45) is 7.05 Å². The SMILES string of the molecule is CCc1nn2cc(-c3nc4ccccc4n3C)nc2s1. The Hall–Kier alpha value is -2.21. The van der Waals surface area contributed by atoms with Crippen molar-refractivity contribution in [2.45, 2.75) is 13.3 Å². The maximum atomic E-state index is 4.66. The molecule has 0 saturated carbocycles. The number of benzene rings is 1. The van der Waals surface area contributed by atoms with Gasteiger partial charge in [0, 0.05) is 7.05 Å². The lowest BCUT2D eigenvalue weighted by Crippen LogP contribution is -1.92. The summed E-state index contributed by atoms with van der Waals surface area (Å²) in [5, 5.41) is 5.60. The Morgan fingerprint density at radius 3 is 2.80 bits per heavy atom. The lowest BCUT2D eigenvalue weighted by Gasteiger charge is -1.97. The minimum atomic E-state index is 0.866. The Labute approximate surface area is 119 Å². The van der Waals surface area contributed by atoms with Gasteiger partial charge in [-0.25, -0.2) is 14.5 Å². The average molecular weight is 283 g/mol. The fraction of sp³-hybridized carbons (Fsp3) is 0.214. The number of fused-ring (bicyclic) bond motifs is 2. The van der Waals surface area contributed by atoms with E-state index in [-0.39, 0.29) is 0 Å². The number of hydrogen-bond donors (Lipinski definition) is 0. The van der Waals surface area contributed by atoms with E-state index in [1.165, 1.54) is 0 Å². The van der Waals surface area contributed by atoms with Crippen LogP contribution in [0.15, 0.2) is 30.5 Å². The first kappa shape index (κ1) is 11.6. The molecule has 0 atom stereocenters. The van der Waals surface area contributed by atoms with E-state index in [2.05, 4.69) is 32.6 Å². The monoisotopic (exact) mass is 283 g/mol. The Morgan fingerprint density at radius 1 is 1.20 bits per heavy atom. The van der Waals surface area contributed by atoms with Crippen LogP contribution in [0.2, 0.25) is 0 Å². The molecule has 0 amide bonds. The van der Waals surface area contributed by atoms with Gasteiger partial charge in [-0.05, 0) is 18.6 Å². The summed E-state index contributed by atoms with van der Waals surface area (Å²) >= 11 is 1.63. The summed E-state index contributed by atoms with van der Waals surface area (Å²) in [6.45, 7) is 2.10. The Balaban J connectivity index is 1.91. The molecule has 0 N–H and O–H groups in total. The molecule has 0 spiro atoms. The van der Waals surface area contributed by atoms with Crippen LogP contribution >= 0.6 is 11.3 Å². The number of aromatic nitrogens is 5. The fourth-order valence-corrected chi connectivity index (χ4v) is 3.18. The number of rotatable bonds is 2. The van der Waals surface area contributed by atoms with Crippen LogP contribution < -0.4 is 0 Å². The van der Waals surface area contributed by atoms with Gasteiger partial charge in [-0.15, -0.1) is 0 Å². The highest BCUT2D eigenvalue weighted by molar-refractivity contribution is 7.16. The molecule has 0 aliphatic rings. The minimum absolute atomic E-state index is 0.866. The van der Waals surface area contributed by atoms with Gasteiger partial charge < -0.3 is 4.57 Å². The smallest absolute Gasteiger partial charge is 0.212 e. The highest BCUT2D eigenvalue weighted by Crippen LogP contribution is 2.24. The van der Waals surface area contributed by atoms with E-state index in [9.17, 15) is 0 Å². The Kier molecular flexibility index (Phi) is 2.40. The zero-order chi connectivity index (χ0) is 13.7. The first-order chi connectivity index (χ1) is 9.76. The third-order valence-corrected chi connectivity index (χ3v) is 4.47. The van der Waals surface area contributed by atoms with E-state index < -0.39 is 0 Å². The second-order valence-corrected chi connectivity index (χ2v) is 5.73. The summed E-state index contributed by atoms with van der Waals surface area (Å²) < 4.78 is 3.92. The molecule has 0 bridgehead atoms. The van der Waals surface area contributed by atoms with Crippen molar-refractivity contribution in [3.63, 3.8) is 0 Å². The summed E-state index contributed by atoms with van der Waals surface area (Å²) in [5.41, 5.74) is 2.97. The van der Waals surface area contributed by atoms with Crippen molar-refractivity contribution in [3.05, 3.63) is 35.5 Å². The zero-order valence-electron chi connectivity index (χ0n) is 11.2. The zero-order valence-corrected chi connectivity index (χ0v) is 12.1. The summed E-state index contributed by atoms with van der Waals surface area (Å²) in [6.07, 6.45) is 2.89. The van der Waals surface area contributed by atoms with E-state index >= 15 is 0 Å². The maximum absolute atomic E-state index is 4.66. The molecule has 4 rings (SSSR count). The largest absolute Gasteiger partial charge is 0.326 e. The molecule has 3 aromatic heterocycles. The first-order valence-corrected chi connectivity index (χ1v) is 7.35. The summed E-state index contributed by atoms with van der Waals surface area (Å²) in [5.74, 6) is 0.877. The van der Waals surface area contributed by atoms with Crippen LogP contribution in [0.1, 0.15) is 11.9 Å². The Bertz CT molecular complexity index is 883. The number of nitrogens with zero attached hydrogens (tertiary/aromatic N) is 5. The van der Waals surface area contributed by atoms with Gasteiger partial charge in [0.1, 0.15) is 10.7 Å². The molecule has 4 aromatic rings. The van der Waals surface area contributed by atoms with Crippen LogP contribution in [0.4, 0.5) is 0 Å². The average Bonchev–Trinajstić information content (AvgIpc) is 3.10. The van der Waals surface area contributed by atoms with Crippen LogP contribution in [-0.2, 0) is 13.5 Å². The first-order valence-electron chi connectivity index (χ1n) is 6.53. The van der Waals surface area contributed by atoms with Crippen molar-refractivity contribution in [1.29, 1.82) is 0 Å². The second kappa shape index (κ2) is 4.14. The van der Waals surface area contributed by atoms with Crippen LogP contribution in [0.5, 0.6) is 0 Å². The molecule has 0 aliphatic heterocycles. The molecule has 100 valence electrons. The molecule has 20 heavy (non-hydrogen) atoms. The van der Waals surface area contributed by atoms with Crippen molar-refractivity contribution in [2.75, 3.05) is 0 Å². The molecule has 0 radical (unpaired) electrons. The van der Waals surface area contributed by atoms with Crippen molar-refractivity contribution in [1.82, 2.24) is 24.1 Å². The van der Waals surface area contributed by atoms with Gasteiger partial charge in [0.15, 0.2) is 5.82 Å². The van der Waals surface area contributed by atoms with Crippen LogP contribution in [0, 0.1) is 0 Å². The van der Waals surface area contributed by atoms with Crippen molar-refractivity contribution < 1.29 is 0 Å². The maximum Gasteiger partial charge on any atom is 0.212 e. The van der Waals surface area contributed by atoms with Gasteiger partial charge in [-0.2, -0.15) is 5.10 Å². The van der Waals surface area contributed by atoms with E-state index in [0.717, 1.165) is 38.9 Å². The third-order valence-electron chi connectivity index (χ3n) is 3.40. The van der Waals surface area contributed by atoms with Crippen molar-refractivity contribution >= 4 is 27.3 Å². The quantitative estimate of drug-likeness (QED) is 0.568. The van der Waals surface area contributed by atoms with Gasteiger partial charge >= 0.3 is 0 Å². The van der Waals surface area contributed by atoms with E-state index in [0.29, 0.717) is 0 Å². The number of aryl methyl sites for hydroxylation is 2. The molecule has 5 nitrogen and oxygen atoms in total. The summed E-state index contributed by atoms with van der Waals surface area (Å²) in [4.78, 5) is 10.2. The van der Waals surface area contributed by atoms with Crippen molar-refractivity contribution in [3.8, 4) is 11.5 Å². The second-order valence-electron chi connectivity index (χ2n) is 4.69. The molecule has 0 unspecified atom stereocenters. The topological polar surface area (TPSA) is 48.0 Å².